The molecule has 4 N–H and O–H groups in total. The molecule has 1 amide bonds. The quantitative estimate of drug-likeness (QED) is 0.801. The number of nitrogens with two attached hydrogens (primary N) is 2. The fraction of sp³-hybridized carbons (Fsp3) is 0.222. The van der Waals surface area contributed by atoms with Crippen LogP contribution in [0.25, 0.3) is 0 Å². The molecule has 0 spiro atoms. The van der Waals surface area contributed by atoms with E-state index in [0.29, 0.717) is 0 Å². The van der Waals surface area contributed by atoms with Crippen LogP contribution in [0.1, 0.15) is 18.0 Å². The Kier molecular flexibility index (Phi) is 3.43. The van der Waals surface area contributed by atoms with E-state index >= 15 is 0 Å². The van der Waals surface area contributed by atoms with Gasteiger partial charge >= 0.3 is 0 Å². The second-order valence-corrected chi connectivity index (χ2v) is 3.32. The highest BCUT2D eigenvalue weighted by Crippen LogP contribution is 2.25. The summed E-state index contributed by atoms with van der Waals surface area (Å²) in [6.07, 6.45) is -0.124. The van der Waals surface area contributed by atoms with Crippen LogP contribution in [-0.4, -0.2) is 5.91 Å². The van der Waals surface area contributed by atoms with E-state index in [9.17, 15) is 9.18 Å². The van der Waals surface area contributed by atoms with Crippen molar-refractivity contribution >= 4 is 17.5 Å². The van der Waals surface area contributed by atoms with Crippen molar-refractivity contribution in [2.45, 2.75) is 12.5 Å². The van der Waals surface area contributed by atoms with E-state index in [1.165, 1.54) is 18.2 Å². The van der Waals surface area contributed by atoms with Crippen LogP contribution in [0, 0.1) is 5.82 Å². The van der Waals surface area contributed by atoms with Crippen LogP contribution in [0.4, 0.5) is 4.39 Å². The minimum Gasteiger partial charge on any atom is -0.370 e. The summed E-state index contributed by atoms with van der Waals surface area (Å²) in [5.74, 6) is -1.11. The van der Waals surface area contributed by atoms with Crippen molar-refractivity contribution in [3.05, 3.63) is 34.6 Å². The first-order valence-corrected chi connectivity index (χ1v) is 4.38. The molecule has 5 heteroatoms. The van der Waals surface area contributed by atoms with E-state index < -0.39 is 17.8 Å². The molecule has 3 nitrogen and oxygen atoms in total. The van der Waals surface area contributed by atoms with Crippen molar-refractivity contribution in [2.24, 2.45) is 11.5 Å². The third kappa shape index (κ3) is 2.43. The van der Waals surface area contributed by atoms with Crippen molar-refractivity contribution in [1.82, 2.24) is 0 Å². The van der Waals surface area contributed by atoms with E-state index in [-0.39, 0.29) is 17.0 Å². The predicted molar refractivity (Wildman–Crippen MR) is 52.1 cm³/mol. The smallest absolute Gasteiger partial charge is 0.219 e. The van der Waals surface area contributed by atoms with Gasteiger partial charge in [0.05, 0.1) is 0 Å². The number of hydrogen-bond donors (Lipinski definition) is 2. The van der Waals surface area contributed by atoms with Gasteiger partial charge in [0.1, 0.15) is 5.82 Å². The molecule has 1 aromatic rings. The zero-order valence-corrected chi connectivity index (χ0v) is 8.09. The Hall–Kier alpha value is -1.13. The Morgan fingerprint density at radius 3 is 2.71 bits per heavy atom. The number of carbonyl (C=O) groups excluding carboxylic acids is 1. The van der Waals surface area contributed by atoms with Gasteiger partial charge in [-0.2, -0.15) is 0 Å². The fourth-order valence-electron chi connectivity index (χ4n) is 1.18. The van der Waals surface area contributed by atoms with Gasteiger partial charge in [0.25, 0.3) is 0 Å². The van der Waals surface area contributed by atoms with E-state index in [0.717, 1.165) is 0 Å². The zero-order valence-electron chi connectivity index (χ0n) is 7.34. The summed E-state index contributed by atoms with van der Waals surface area (Å²) >= 11 is 5.74. The molecule has 0 aliphatic heterocycles. The van der Waals surface area contributed by atoms with Crippen molar-refractivity contribution in [2.75, 3.05) is 0 Å². The number of carbonyl (C=O) groups is 1. The lowest BCUT2D eigenvalue weighted by Gasteiger charge is -2.12. The Bertz CT molecular complexity index is 336. The molecule has 0 saturated carbocycles. The van der Waals surface area contributed by atoms with Crippen LogP contribution < -0.4 is 11.5 Å². The first kappa shape index (κ1) is 10.9. The van der Waals surface area contributed by atoms with Gasteiger partial charge < -0.3 is 11.5 Å². The Balaban J connectivity index is 2.99. The molecule has 76 valence electrons. The number of primary amides is 1. The molecule has 0 aromatic heterocycles. The van der Waals surface area contributed by atoms with Gasteiger partial charge in [0, 0.05) is 23.0 Å². The largest absolute Gasteiger partial charge is 0.370 e. The van der Waals surface area contributed by atoms with Crippen LogP contribution in [0.5, 0.6) is 0 Å². The number of rotatable bonds is 3. The summed E-state index contributed by atoms with van der Waals surface area (Å²) in [7, 11) is 0. The summed E-state index contributed by atoms with van der Waals surface area (Å²) < 4.78 is 13.2. The maximum Gasteiger partial charge on any atom is 0.219 e. The van der Waals surface area contributed by atoms with Crippen LogP contribution in [-0.2, 0) is 4.79 Å². The second kappa shape index (κ2) is 4.39. The second-order valence-electron chi connectivity index (χ2n) is 2.91. The van der Waals surface area contributed by atoms with Gasteiger partial charge in [0.15, 0.2) is 0 Å². The SMILES string of the molecule is NC(=O)C[C@H](N)c1c(F)cccc1Cl. The molecule has 0 bridgehead atoms. The molecule has 0 aliphatic rings. The summed E-state index contributed by atoms with van der Waals surface area (Å²) in [5.41, 5.74) is 10.7. The van der Waals surface area contributed by atoms with E-state index in [1.807, 2.05) is 0 Å². The minimum atomic E-state index is -0.791. The molecule has 0 radical (unpaired) electrons. The van der Waals surface area contributed by atoms with Crippen LogP contribution in [0.15, 0.2) is 18.2 Å². The van der Waals surface area contributed by atoms with Gasteiger partial charge in [-0.25, -0.2) is 4.39 Å². The third-order valence-electron chi connectivity index (χ3n) is 1.79. The first-order chi connectivity index (χ1) is 6.52. The van der Waals surface area contributed by atoms with Crippen molar-refractivity contribution in [3.63, 3.8) is 0 Å². The van der Waals surface area contributed by atoms with Crippen molar-refractivity contribution in [3.8, 4) is 0 Å². The molecular weight excluding hydrogens is 207 g/mol. The van der Waals surface area contributed by atoms with Crippen molar-refractivity contribution in [1.29, 1.82) is 0 Å². The molecule has 0 saturated heterocycles. The molecule has 0 heterocycles. The minimum absolute atomic E-state index is 0.124. The molecule has 1 aromatic carbocycles. The van der Waals surface area contributed by atoms with Gasteiger partial charge in [-0.1, -0.05) is 17.7 Å². The predicted octanol–water partition coefficient (Wildman–Crippen LogP) is 1.35. The number of halogens is 2. The summed E-state index contributed by atoms with van der Waals surface area (Å²) in [6.45, 7) is 0. The van der Waals surface area contributed by atoms with Gasteiger partial charge in [-0.15, -0.1) is 0 Å². The lowest BCUT2D eigenvalue weighted by atomic mass is 10.0. The van der Waals surface area contributed by atoms with E-state index in [1.54, 1.807) is 0 Å². The standard InChI is InChI=1S/C9H10ClFN2O/c10-5-2-1-3-6(11)9(5)7(12)4-8(13)14/h1-3,7H,4,12H2,(H2,13,14)/t7-/m0/s1. The average molecular weight is 217 g/mol. The van der Waals surface area contributed by atoms with Crippen LogP contribution in [0.3, 0.4) is 0 Å². The summed E-state index contributed by atoms with van der Waals surface area (Å²) in [4.78, 5) is 10.6. The molecule has 0 unspecified atom stereocenters. The normalized spacial score (nSPS) is 12.5. The highest BCUT2D eigenvalue weighted by molar-refractivity contribution is 6.31. The first-order valence-electron chi connectivity index (χ1n) is 4.00. The van der Waals surface area contributed by atoms with E-state index in [2.05, 4.69) is 0 Å². The van der Waals surface area contributed by atoms with Gasteiger partial charge in [0.2, 0.25) is 5.91 Å². The summed E-state index contributed by atoms with van der Waals surface area (Å²) in [5, 5.41) is 0.207. The maximum absolute atomic E-state index is 13.2. The fourth-order valence-corrected chi connectivity index (χ4v) is 1.49. The van der Waals surface area contributed by atoms with Crippen LogP contribution >= 0.6 is 11.6 Å². The van der Waals surface area contributed by atoms with Gasteiger partial charge in [-0.3, -0.25) is 4.79 Å². The molecular formula is C9H10ClFN2O. The van der Waals surface area contributed by atoms with Crippen molar-refractivity contribution < 1.29 is 9.18 Å². The average Bonchev–Trinajstić information content (AvgIpc) is 2.01. The summed E-state index contributed by atoms with van der Waals surface area (Å²) in [6, 6.07) is 3.43. The topological polar surface area (TPSA) is 69.1 Å². The number of benzene rings is 1. The van der Waals surface area contributed by atoms with E-state index in [4.69, 9.17) is 23.1 Å². The Labute approximate surface area is 85.8 Å². The molecule has 1 rings (SSSR count). The number of amides is 1. The van der Waals surface area contributed by atoms with Gasteiger partial charge in [-0.05, 0) is 12.1 Å². The molecule has 0 fully saturated rings. The monoisotopic (exact) mass is 216 g/mol. The third-order valence-corrected chi connectivity index (χ3v) is 2.12. The number of hydrogen-bond acceptors (Lipinski definition) is 2. The molecule has 14 heavy (non-hydrogen) atoms. The lowest BCUT2D eigenvalue weighted by molar-refractivity contribution is -0.118. The zero-order chi connectivity index (χ0) is 10.7. The molecule has 1 atom stereocenters. The highest BCUT2D eigenvalue weighted by atomic mass is 35.5. The highest BCUT2D eigenvalue weighted by Gasteiger charge is 2.16. The molecule has 0 aliphatic carbocycles. The lowest BCUT2D eigenvalue weighted by Crippen LogP contribution is -2.21. The van der Waals surface area contributed by atoms with Crippen LogP contribution in [0.2, 0.25) is 5.02 Å². The maximum atomic E-state index is 13.2. The Morgan fingerprint density at radius 1 is 1.57 bits per heavy atom. The Morgan fingerprint density at radius 2 is 2.21 bits per heavy atom.